The van der Waals surface area contributed by atoms with Gasteiger partial charge in [-0.25, -0.2) is 0 Å². The lowest BCUT2D eigenvalue weighted by molar-refractivity contribution is -0.122. The molecular weight excluding hydrogens is 392 g/mol. The van der Waals surface area contributed by atoms with Crippen LogP contribution in [0.1, 0.15) is 33.1 Å². The Morgan fingerprint density at radius 3 is 2.63 bits per heavy atom. The highest BCUT2D eigenvalue weighted by Gasteiger charge is 2.33. The molecule has 0 N–H and O–H groups in total. The van der Waals surface area contributed by atoms with Crippen molar-refractivity contribution in [2.45, 2.75) is 38.0 Å². The van der Waals surface area contributed by atoms with Crippen LogP contribution < -0.4 is 4.90 Å². The average Bonchev–Trinajstić information content (AvgIpc) is 3.17. The fraction of sp³-hybridized carbons (Fsp3) is 0.333. The third-order valence-corrected chi connectivity index (χ3v) is 7.61. The van der Waals surface area contributed by atoms with Crippen molar-refractivity contribution >= 4 is 51.7 Å². The molecule has 0 atom stereocenters. The van der Waals surface area contributed by atoms with Gasteiger partial charge in [0.05, 0.1) is 15.6 Å². The van der Waals surface area contributed by atoms with Gasteiger partial charge in [-0.2, -0.15) is 0 Å². The van der Waals surface area contributed by atoms with E-state index in [1.807, 2.05) is 18.7 Å². The number of hydrogen-bond acceptors (Lipinski definition) is 5. The second kappa shape index (κ2) is 7.86. The quantitative estimate of drug-likeness (QED) is 0.466. The van der Waals surface area contributed by atoms with Crippen molar-refractivity contribution in [3.63, 3.8) is 0 Å². The van der Waals surface area contributed by atoms with Crippen LogP contribution in [0.4, 0.5) is 5.69 Å². The van der Waals surface area contributed by atoms with Crippen molar-refractivity contribution in [1.29, 1.82) is 0 Å². The largest absolute Gasteiger partial charge is 0.335 e. The second-order valence-corrected chi connectivity index (χ2v) is 9.35. The summed E-state index contributed by atoms with van der Waals surface area (Å²) in [4.78, 5) is 18.9. The van der Waals surface area contributed by atoms with Crippen molar-refractivity contribution in [2.24, 2.45) is 0 Å². The van der Waals surface area contributed by atoms with Gasteiger partial charge in [0.1, 0.15) is 4.32 Å². The molecule has 0 unspecified atom stereocenters. The summed E-state index contributed by atoms with van der Waals surface area (Å²) in [6.07, 6.45) is 7.59. The monoisotopic (exact) mass is 414 g/mol. The number of para-hydroxylation sites is 1. The average molecular weight is 415 g/mol. The van der Waals surface area contributed by atoms with E-state index in [4.69, 9.17) is 12.2 Å². The van der Waals surface area contributed by atoms with Gasteiger partial charge in [0.2, 0.25) is 0 Å². The van der Waals surface area contributed by atoms with E-state index in [-0.39, 0.29) is 5.91 Å². The molecule has 3 aliphatic rings. The molecule has 1 aromatic rings. The smallest absolute Gasteiger partial charge is 0.266 e. The minimum Gasteiger partial charge on any atom is -0.335 e. The van der Waals surface area contributed by atoms with Crippen molar-refractivity contribution in [1.82, 2.24) is 4.90 Å². The number of benzene rings is 1. The first-order valence-corrected chi connectivity index (χ1v) is 11.4. The molecule has 1 aliphatic carbocycles. The summed E-state index contributed by atoms with van der Waals surface area (Å²) in [5.74, 6) is 0.0745. The number of fused-ring (bicyclic) bond motifs is 1. The van der Waals surface area contributed by atoms with E-state index in [9.17, 15) is 4.79 Å². The van der Waals surface area contributed by atoms with Crippen LogP contribution >= 0.6 is 35.7 Å². The third-order valence-electron chi connectivity index (χ3n) is 4.99. The van der Waals surface area contributed by atoms with Crippen LogP contribution in [0.5, 0.6) is 0 Å². The molecule has 6 heteroatoms. The highest BCUT2D eigenvalue weighted by molar-refractivity contribution is 8.26. The van der Waals surface area contributed by atoms with E-state index in [0.717, 1.165) is 36.3 Å². The molecule has 1 fully saturated rings. The highest BCUT2D eigenvalue weighted by Crippen LogP contribution is 2.46. The van der Waals surface area contributed by atoms with Crippen LogP contribution in [0.15, 0.2) is 62.4 Å². The van der Waals surface area contributed by atoms with E-state index >= 15 is 0 Å². The summed E-state index contributed by atoms with van der Waals surface area (Å²) in [5.41, 5.74) is 3.73. The second-order valence-electron chi connectivity index (χ2n) is 6.64. The first kappa shape index (κ1) is 18.8. The van der Waals surface area contributed by atoms with Crippen LogP contribution in [-0.2, 0) is 4.79 Å². The molecule has 0 aromatic heterocycles. The Kier molecular flexibility index (Phi) is 5.48. The van der Waals surface area contributed by atoms with Gasteiger partial charge in [0, 0.05) is 18.0 Å². The lowest BCUT2D eigenvalue weighted by Crippen LogP contribution is -2.27. The molecule has 1 amide bonds. The van der Waals surface area contributed by atoms with E-state index in [0.29, 0.717) is 10.9 Å². The van der Waals surface area contributed by atoms with Crippen LogP contribution in [0.2, 0.25) is 0 Å². The summed E-state index contributed by atoms with van der Waals surface area (Å²) in [7, 11) is 0. The molecule has 140 valence electrons. The lowest BCUT2D eigenvalue weighted by atomic mass is 9.94. The van der Waals surface area contributed by atoms with Crippen molar-refractivity contribution in [3.05, 3.63) is 57.5 Å². The number of carbonyl (C=O) groups excluding carboxylic acids is 1. The van der Waals surface area contributed by atoms with E-state index in [1.54, 1.807) is 4.90 Å². The number of anilines is 1. The highest BCUT2D eigenvalue weighted by atomic mass is 32.2. The summed E-state index contributed by atoms with van der Waals surface area (Å²) in [6.45, 7) is 5.75. The number of thiocarbonyl (C=S) groups is 1. The Morgan fingerprint density at radius 1 is 1.11 bits per heavy atom. The Labute approximate surface area is 174 Å². The fourth-order valence-electron chi connectivity index (χ4n) is 3.66. The molecule has 0 bridgehead atoms. The number of likely N-dealkylation sites (N-methyl/N-ethyl adjacent to an activating group) is 1. The predicted octanol–water partition coefficient (Wildman–Crippen LogP) is 5.70. The first-order chi connectivity index (χ1) is 13.1. The molecule has 0 saturated carbocycles. The number of carbonyl (C=O) groups is 1. The number of rotatable bonds is 3. The van der Waals surface area contributed by atoms with Crippen molar-refractivity contribution < 1.29 is 4.79 Å². The van der Waals surface area contributed by atoms with Crippen molar-refractivity contribution in [2.75, 3.05) is 18.0 Å². The Bertz CT molecular complexity index is 900. The summed E-state index contributed by atoms with van der Waals surface area (Å²) >= 11 is 8.66. The van der Waals surface area contributed by atoms with E-state index in [1.165, 1.54) is 32.9 Å². The fourth-order valence-corrected chi connectivity index (χ4v) is 6.31. The van der Waals surface area contributed by atoms with Gasteiger partial charge in [0.25, 0.3) is 5.91 Å². The number of allylic oxidation sites excluding steroid dienone is 4. The number of nitrogens with zero attached hydrogens (tertiary/aromatic N) is 2. The Morgan fingerprint density at radius 2 is 1.89 bits per heavy atom. The van der Waals surface area contributed by atoms with Gasteiger partial charge in [-0.3, -0.25) is 9.69 Å². The van der Waals surface area contributed by atoms with Gasteiger partial charge in [-0.05, 0) is 62.5 Å². The molecule has 3 nitrogen and oxygen atoms in total. The molecule has 2 heterocycles. The van der Waals surface area contributed by atoms with Crippen molar-refractivity contribution in [3.8, 4) is 0 Å². The zero-order valence-electron chi connectivity index (χ0n) is 15.5. The molecule has 1 aromatic carbocycles. The zero-order chi connectivity index (χ0) is 19.0. The Balaban J connectivity index is 1.65. The van der Waals surface area contributed by atoms with Crippen LogP contribution in [0, 0.1) is 0 Å². The number of hydrogen-bond donors (Lipinski definition) is 0. The minimum absolute atomic E-state index is 0.0745. The maximum atomic E-state index is 12.6. The van der Waals surface area contributed by atoms with Gasteiger partial charge >= 0.3 is 0 Å². The number of thioether (sulfide) groups is 2. The molecular formula is C21H22N2OS3. The molecule has 27 heavy (non-hydrogen) atoms. The zero-order valence-corrected chi connectivity index (χ0v) is 18.0. The predicted molar refractivity (Wildman–Crippen MR) is 120 cm³/mol. The first-order valence-electron chi connectivity index (χ1n) is 9.35. The van der Waals surface area contributed by atoms with Gasteiger partial charge < -0.3 is 4.90 Å². The number of amides is 1. The summed E-state index contributed by atoms with van der Waals surface area (Å²) in [6, 6.07) is 8.55. The topological polar surface area (TPSA) is 23.6 Å². The molecule has 0 spiro atoms. The molecule has 0 radical (unpaired) electrons. The maximum Gasteiger partial charge on any atom is 0.266 e. The van der Waals surface area contributed by atoms with Gasteiger partial charge in [-0.1, -0.05) is 54.0 Å². The normalized spacial score (nSPS) is 24.1. The van der Waals surface area contributed by atoms with E-state index in [2.05, 4.69) is 48.2 Å². The molecule has 2 aliphatic heterocycles. The van der Waals surface area contributed by atoms with Crippen LogP contribution in [-0.4, -0.2) is 28.2 Å². The Hall–Kier alpha value is -1.50. The van der Waals surface area contributed by atoms with Gasteiger partial charge in [0.15, 0.2) is 0 Å². The van der Waals surface area contributed by atoms with Crippen LogP contribution in [0.25, 0.3) is 0 Å². The SMILES string of the molecule is CCN1C(=O)/C(=C2C=C(/C=C3\Sc4ccccc4N3CC)CCC\2)SC1=S. The summed E-state index contributed by atoms with van der Waals surface area (Å²) in [5, 5.41) is 1.27. The lowest BCUT2D eigenvalue weighted by Gasteiger charge is -2.20. The van der Waals surface area contributed by atoms with E-state index < -0.39 is 0 Å². The minimum atomic E-state index is 0.0745. The maximum absolute atomic E-state index is 12.6. The third kappa shape index (κ3) is 3.50. The standard InChI is InChI=1S/C21H22N2OS3/c1-3-22-16-10-5-6-11-17(16)26-18(22)13-14-8-7-9-15(12-14)19-20(24)23(4-2)21(25)27-19/h5-6,10-13H,3-4,7-9H2,1-2H3/b18-13-,19-15+. The summed E-state index contributed by atoms with van der Waals surface area (Å²) < 4.78 is 0.683. The van der Waals surface area contributed by atoms with Gasteiger partial charge in [-0.15, -0.1) is 0 Å². The molecule has 1 saturated heterocycles. The van der Waals surface area contributed by atoms with Crippen LogP contribution in [0.3, 0.4) is 0 Å². The molecule has 4 rings (SSSR count).